The quantitative estimate of drug-likeness (QED) is 0.0534. The highest BCUT2D eigenvalue weighted by Gasteiger charge is 2.19. The van der Waals surface area contributed by atoms with Crippen LogP contribution in [-0.2, 0) is 52.3 Å². The van der Waals surface area contributed by atoms with Crippen molar-refractivity contribution in [1.82, 2.24) is 5.32 Å². The van der Waals surface area contributed by atoms with Gasteiger partial charge in [-0.2, -0.15) is 0 Å². The van der Waals surface area contributed by atoms with E-state index in [9.17, 15) is 19.2 Å². The zero-order chi connectivity index (χ0) is 34.6. The minimum Gasteiger partial charge on any atom is -0.462 e. The van der Waals surface area contributed by atoms with E-state index in [1.807, 2.05) is 0 Å². The summed E-state index contributed by atoms with van der Waals surface area (Å²) in [7, 11) is 1.58. The number of rotatable bonds is 34. The van der Waals surface area contributed by atoms with Gasteiger partial charge < -0.3 is 43.2 Å². The fraction of sp³-hybridized carbons (Fsp3) is 0.882. The van der Waals surface area contributed by atoms with Gasteiger partial charge in [-0.15, -0.1) is 0 Å². The first-order valence-electron chi connectivity index (χ1n) is 17.6. The lowest BCUT2D eigenvalue weighted by Crippen LogP contribution is -2.30. The van der Waals surface area contributed by atoms with Crippen LogP contribution in [0.2, 0.25) is 0 Å². The largest absolute Gasteiger partial charge is 0.462 e. The zero-order valence-corrected chi connectivity index (χ0v) is 29.4. The van der Waals surface area contributed by atoms with Gasteiger partial charge in [-0.25, -0.2) is 4.79 Å². The minimum atomic E-state index is -0.848. The van der Waals surface area contributed by atoms with Gasteiger partial charge >= 0.3 is 24.0 Å². The van der Waals surface area contributed by atoms with E-state index in [4.69, 9.17) is 37.9 Å². The Balaban J connectivity index is 3.92. The highest BCUT2D eigenvalue weighted by atomic mass is 16.6. The average molecular weight is 678 g/mol. The zero-order valence-electron chi connectivity index (χ0n) is 29.4. The number of alkyl carbamates (subject to hydrolysis) is 1. The number of nitrogens with one attached hydrogen (secondary N) is 1. The monoisotopic (exact) mass is 677 g/mol. The molecule has 0 aromatic rings. The molecule has 47 heavy (non-hydrogen) atoms. The lowest BCUT2D eigenvalue weighted by atomic mass is 10.1. The molecule has 0 unspecified atom stereocenters. The van der Waals surface area contributed by atoms with Gasteiger partial charge in [0, 0.05) is 39.5 Å². The number of ether oxygens (including phenoxy) is 8. The Kier molecular flexibility index (Phi) is 33.0. The van der Waals surface area contributed by atoms with Crippen molar-refractivity contribution in [2.24, 2.45) is 0 Å². The van der Waals surface area contributed by atoms with Crippen LogP contribution in [0, 0.1) is 0 Å². The molecule has 0 bridgehead atoms. The number of methoxy groups -OCH3 is 1. The Morgan fingerprint density at radius 1 is 0.532 bits per heavy atom. The molecular weight excluding hydrogens is 614 g/mol. The van der Waals surface area contributed by atoms with Gasteiger partial charge in [-0.05, 0) is 12.8 Å². The fourth-order valence-corrected chi connectivity index (χ4v) is 4.19. The molecule has 1 amide bonds. The summed E-state index contributed by atoms with van der Waals surface area (Å²) < 4.78 is 41.7. The first-order chi connectivity index (χ1) is 22.9. The molecule has 0 radical (unpaired) electrons. The maximum absolute atomic E-state index is 12.4. The van der Waals surface area contributed by atoms with Crippen LogP contribution in [-0.4, -0.2) is 110 Å². The molecule has 0 fully saturated rings. The van der Waals surface area contributed by atoms with E-state index < -0.39 is 24.1 Å². The standard InChI is InChI=1S/C34H63NO12/c1-4-6-7-8-9-10-11-12-13-14-15-17-33(38)47-30(28-45-31(36)5-2)29-46-32(37)18-16-20-41-24-25-42-21-19-35-34(39)44-27-26-43-23-22-40-3/h30H,4-29H2,1-3H3,(H,35,39)/t30-/m1/s1. The van der Waals surface area contributed by atoms with Gasteiger partial charge in [0.25, 0.3) is 0 Å². The van der Waals surface area contributed by atoms with E-state index >= 15 is 0 Å². The van der Waals surface area contributed by atoms with Crippen LogP contribution in [0.25, 0.3) is 0 Å². The Morgan fingerprint density at radius 2 is 1.06 bits per heavy atom. The molecule has 0 aromatic carbocycles. The first-order valence-corrected chi connectivity index (χ1v) is 17.6. The highest BCUT2D eigenvalue weighted by molar-refractivity contribution is 5.71. The number of esters is 3. The molecule has 0 aliphatic rings. The van der Waals surface area contributed by atoms with Crippen LogP contribution >= 0.6 is 0 Å². The smallest absolute Gasteiger partial charge is 0.407 e. The van der Waals surface area contributed by atoms with Crippen molar-refractivity contribution < 1.29 is 57.1 Å². The summed E-state index contributed by atoms with van der Waals surface area (Å²) in [5.74, 6) is -1.27. The Morgan fingerprint density at radius 3 is 1.70 bits per heavy atom. The molecule has 13 heteroatoms. The third-order valence-electron chi connectivity index (χ3n) is 6.88. The molecule has 0 aliphatic heterocycles. The second kappa shape index (κ2) is 34.8. The van der Waals surface area contributed by atoms with Crippen molar-refractivity contribution >= 4 is 24.0 Å². The van der Waals surface area contributed by atoms with Crippen LogP contribution in [0.5, 0.6) is 0 Å². The Bertz CT molecular complexity index is 767. The molecule has 0 spiro atoms. The molecule has 1 atom stereocenters. The van der Waals surface area contributed by atoms with Crippen molar-refractivity contribution in [3.63, 3.8) is 0 Å². The summed E-state index contributed by atoms with van der Waals surface area (Å²) in [6.07, 6.45) is 12.7. The summed E-state index contributed by atoms with van der Waals surface area (Å²) in [4.78, 5) is 47.7. The summed E-state index contributed by atoms with van der Waals surface area (Å²) >= 11 is 0. The topological polar surface area (TPSA) is 154 Å². The molecule has 0 saturated carbocycles. The van der Waals surface area contributed by atoms with E-state index in [1.165, 1.54) is 51.4 Å². The van der Waals surface area contributed by atoms with E-state index in [0.717, 1.165) is 19.3 Å². The van der Waals surface area contributed by atoms with Crippen molar-refractivity contribution in [3.05, 3.63) is 0 Å². The predicted molar refractivity (Wildman–Crippen MR) is 176 cm³/mol. The second-order valence-corrected chi connectivity index (χ2v) is 11.1. The average Bonchev–Trinajstić information content (AvgIpc) is 3.06. The Labute approximate surface area is 282 Å². The second-order valence-electron chi connectivity index (χ2n) is 11.1. The predicted octanol–water partition coefficient (Wildman–Crippen LogP) is 5.30. The van der Waals surface area contributed by atoms with Crippen molar-refractivity contribution in [2.45, 2.75) is 116 Å². The van der Waals surface area contributed by atoms with Crippen LogP contribution < -0.4 is 5.32 Å². The molecule has 0 rings (SSSR count). The summed E-state index contributed by atoms with van der Waals surface area (Å²) in [5.41, 5.74) is 0. The molecule has 276 valence electrons. The van der Waals surface area contributed by atoms with Gasteiger partial charge in [0.15, 0.2) is 6.10 Å². The van der Waals surface area contributed by atoms with Gasteiger partial charge in [-0.3, -0.25) is 14.4 Å². The maximum atomic E-state index is 12.4. The third-order valence-corrected chi connectivity index (χ3v) is 6.88. The van der Waals surface area contributed by atoms with Gasteiger partial charge in [0.2, 0.25) is 0 Å². The molecular formula is C34H63NO12. The highest BCUT2D eigenvalue weighted by Crippen LogP contribution is 2.12. The minimum absolute atomic E-state index is 0.123. The van der Waals surface area contributed by atoms with Gasteiger partial charge in [0.05, 0.1) is 39.6 Å². The van der Waals surface area contributed by atoms with Crippen LogP contribution in [0.4, 0.5) is 4.79 Å². The molecule has 0 saturated heterocycles. The van der Waals surface area contributed by atoms with E-state index in [-0.39, 0.29) is 45.1 Å². The van der Waals surface area contributed by atoms with Crippen molar-refractivity contribution in [2.75, 3.05) is 79.7 Å². The molecule has 0 heterocycles. The fourth-order valence-electron chi connectivity index (χ4n) is 4.19. The first kappa shape index (κ1) is 44.5. The summed E-state index contributed by atoms with van der Waals surface area (Å²) in [6, 6.07) is 0. The van der Waals surface area contributed by atoms with Crippen molar-refractivity contribution in [1.29, 1.82) is 0 Å². The maximum Gasteiger partial charge on any atom is 0.407 e. The van der Waals surface area contributed by atoms with E-state index in [1.54, 1.807) is 14.0 Å². The molecule has 0 aliphatic carbocycles. The van der Waals surface area contributed by atoms with Gasteiger partial charge in [-0.1, -0.05) is 78.1 Å². The number of carbonyl (C=O) groups is 4. The molecule has 13 nitrogen and oxygen atoms in total. The number of hydrogen-bond acceptors (Lipinski definition) is 12. The number of carbonyl (C=O) groups excluding carboxylic acids is 4. The lowest BCUT2D eigenvalue weighted by Gasteiger charge is -2.18. The third kappa shape index (κ3) is 33.2. The van der Waals surface area contributed by atoms with Crippen LogP contribution in [0.1, 0.15) is 110 Å². The molecule has 0 aromatic heterocycles. The van der Waals surface area contributed by atoms with Crippen molar-refractivity contribution in [3.8, 4) is 0 Å². The van der Waals surface area contributed by atoms with E-state index in [0.29, 0.717) is 59.2 Å². The summed E-state index contributed by atoms with van der Waals surface area (Å²) in [5, 5.41) is 2.57. The number of unbranched alkanes of at least 4 members (excludes halogenated alkanes) is 10. The number of hydrogen-bond donors (Lipinski definition) is 1. The lowest BCUT2D eigenvalue weighted by molar-refractivity contribution is -0.166. The van der Waals surface area contributed by atoms with Crippen LogP contribution in [0.15, 0.2) is 0 Å². The molecule has 1 N–H and O–H groups in total. The summed E-state index contributed by atoms with van der Waals surface area (Å²) in [6.45, 7) is 6.53. The number of amides is 1. The SMILES string of the molecule is CCCCCCCCCCCCCC(=O)O[C@H](COC(=O)CC)COC(=O)CCCOCCOCCNC(=O)OCCOCCOC. The normalized spacial score (nSPS) is 11.6. The van der Waals surface area contributed by atoms with E-state index in [2.05, 4.69) is 12.2 Å². The Hall–Kier alpha value is -2.48. The van der Waals surface area contributed by atoms with Gasteiger partial charge in [0.1, 0.15) is 19.8 Å². The van der Waals surface area contributed by atoms with Crippen LogP contribution in [0.3, 0.4) is 0 Å².